The summed E-state index contributed by atoms with van der Waals surface area (Å²) in [5.41, 5.74) is -0.732. The van der Waals surface area contributed by atoms with E-state index in [9.17, 15) is 18.5 Å². The topological polar surface area (TPSA) is 102 Å². The molecule has 2 N–H and O–H groups in total. The van der Waals surface area contributed by atoms with E-state index < -0.39 is 15.6 Å². The van der Waals surface area contributed by atoms with Gasteiger partial charge in [-0.3, -0.25) is 9.69 Å². The van der Waals surface area contributed by atoms with Gasteiger partial charge in [0.05, 0.1) is 18.9 Å². The largest absolute Gasteiger partial charge is 0.337 e. The van der Waals surface area contributed by atoms with Crippen molar-refractivity contribution in [3.63, 3.8) is 0 Å². The van der Waals surface area contributed by atoms with Crippen LogP contribution in [0, 0.1) is 11.3 Å². The zero-order valence-corrected chi connectivity index (χ0v) is 15.9. The first-order valence-electron chi connectivity index (χ1n) is 9.24. The van der Waals surface area contributed by atoms with E-state index >= 15 is 0 Å². The molecule has 0 aromatic heterocycles. The summed E-state index contributed by atoms with van der Waals surface area (Å²) in [5, 5.41) is 12.6. The van der Waals surface area contributed by atoms with Crippen molar-refractivity contribution in [2.75, 3.05) is 25.9 Å². The van der Waals surface area contributed by atoms with Gasteiger partial charge in [-0.15, -0.1) is 0 Å². The Labute approximate surface area is 151 Å². The smallest absolute Gasteiger partial charge is 0.235 e. The normalized spacial score (nSPS) is 24.9. The molecule has 0 bridgehead atoms. The monoisotopic (exact) mass is 370 g/mol. The van der Waals surface area contributed by atoms with Gasteiger partial charge in [0, 0.05) is 12.6 Å². The maximum Gasteiger partial charge on any atom is 0.235 e. The molecule has 0 aromatic rings. The van der Waals surface area contributed by atoms with Gasteiger partial charge in [0.15, 0.2) is 0 Å². The minimum atomic E-state index is -3.24. The Morgan fingerprint density at radius 1 is 1.20 bits per heavy atom. The third-order valence-electron chi connectivity index (χ3n) is 5.23. The molecule has 8 heteroatoms. The van der Waals surface area contributed by atoms with Crippen molar-refractivity contribution in [2.45, 2.75) is 69.4 Å². The van der Waals surface area contributed by atoms with Crippen molar-refractivity contribution in [2.24, 2.45) is 0 Å². The summed E-state index contributed by atoms with van der Waals surface area (Å²) in [4.78, 5) is 14.6. The number of sulfonamides is 1. The second-order valence-electron chi connectivity index (χ2n) is 7.40. The van der Waals surface area contributed by atoms with Crippen LogP contribution in [0.3, 0.4) is 0 Å². The van der Waals surface area contributed by atoms with Crippen molar-refractivity contribution in [3.05, 3.63) is 0 Å². The van der Waals surface area contributed by atoms with E-state index in [4.69, 9.17) is 0 Å². The number of carbonyl (C=O) groups is 1. The SMILES string of the molecule is CS(=O)(=O)NC[C@H]1CCCCN1CC(=O)NC1(C#N)CCCCCC1. The van der Waals surface area contributed by atoms with Crippen LogP contribution in [0.1, 0.15) is 57.8 Å². The van der Waals surface area contributed by atoms with Crippen LogP contribution in [-0.4, -0.2) is 56.7 Å². The first kappa shape index (κ1) is 20.1. The lowest BCUT2D eigenvalue weighted by molar-refractivity contribution is -0.124. The summed E-state index contributed by atoms with van der Waals surface area (Å²) >= 11 is 0. The highest BCUT2D eigenvalue weighted by atomic mass is 32.2. The fourth-order valence-electron chi connectivity index (χ4n) is 3.83. The third kappa shape index (κ3) is 6.57. The molecule has 0 spiro atoms. The molecule has 1 aliphatic carbocycles. The van der Waals surface area contributed by atoms with Crippen LogP contribution in [0.5, 0.6) is 0 Å². The second-order valence-corrected chi connectivity index (χ2v) is 9.23. The first-order chi connectivity index (χ1) is 11.8. The van der Waals surface area contributed by atoms with E-state index in [0.717, 1.165) is 57.7 Å². The Hall–Kier alpha value is -1.17. The average Bonchev–Trinajstić information content (AvgIpc) is 2.79. The van der Waals surface area contributed by atoms with Gasteiger partial charge in [0.2, 0.25) is 15.9 Å². The number of amides is 1. The number of nitriles is 1. The molecule has 1 atom stereocenters. The van der Waals surface area contributed by atoms with Crippen LogP contribution in [0.15, 0.2) is 0 Å². The zero-order valence-electron chi connectivity index (χ0n) is 15.1. The van der Waals surface area contributed by atoms with Gasteiger partial charge >= 0.3 is 0 Å². The molecule has 2 fully saturated rings. The molecule has 1 heterocycles. The van der Waals surface area contributed by atoms with Gasteiger partial charge in [-0.1, -0.05) is 32.1 Å². The van der Waals surface area contributed by atoms with E-state index in [0.29, 0.717) is 19.4 Å². The number of nitrogens with zero attached hydrogens (tertiary/aromatic N) is 2. The summed E-state index contributed by atoms with van der Waals surface area (Å²) in [7, 11) is -3.24. The van der Waals surface area contributed by atoms with E-state index in [-0.39, 0.29) is 18.5 Å². The molecule has 1 amide bonds. The number of hydrogen-bond acceptors (Lipinski definition) is 5. The maximum absolute atomic E-state index is 12.6. The van der Waals surface area contributed by atoms with Gasteiger partial charge in [0.1, 0.15) is 5.54 Å². The summed E-state index contributed by atoms with van der Waals surface area (Å²) in [6, 6.07) is 2.37. The van der Waals surface area contributed by atoms with Gasteiger partial charge in [-0.05, 0) is 32.2 Å². The first-order valence-corrected chi connectivity index (χ1v) is 11.1. The van der Waals surface area contributed by atoms with Crippen LogP contribution in [0.25, 0.3) is 0 Å². The molecule has 142 valence electrons. The highest BCUT2D eigenvalue weighted by molar-refractivity contribution is 7.88. The van der Waals surface area contributed by atoms with Crippen LogP contribution in [0.4, 0.5) is 0 Å². The predicted octanol–water partition coefficient (Wildman–Crippen LogP) is 1.12. The Balaban J connectivity index is 1.93. The van der Waals surface area contributed by atoms with Gasteiger partial charge in [-0.25, -0.2) is 13.1 Å². The van der Waals surface area contributed by atoms with Crippen molar-refractivity contribution in [1.82, 2.24) is 14.9 Å². The van der Waals surface area contributed by atoms with E-state index in [1.165, 1.54) is 0 Å². The Morgan fingerprint density at radius 3 is 2.48 bits per heavy atom. The predicted molar refractivity (Wildman–Crippen MR) is 96.2 cm³/mol. The fourth-order valence-corrected chi connectivity index (χ4v) is 4.33. The summed E-state index contributed by atoms with van der Waals surface area (Å²) in [5.74, 6) is -0.130. The fraction of sp³-hybridized carbons (Fsp3) is 0.882. The molecule has 0 radical (unpaired) electrons. The van der Waals surface area contributed by atoms with Gasteiger partial charge in [-0.2, -0.15) is 5.26 Å². The standard InChI is InChI=1S/C17H30N4O3S/c1-25(23,24)19-12-15-8-4-7-11-21(15)13-16(22)20-17(14-18)9-5-2-3-6-10-17/h15,19H,2-13H2,1H3,(H,20,22)/t15-/m1/s1. The van der Waals surface area contributed by atoms with Crippen LogP contribution in [0.2, 0.25) is 0 Å². The van der Waals surface area contributed by atoms with E-state index in [1.807, 2.05) is 4.90 Å². The molecule has 1 saturated heterocycles. The highest BCUT2D eigenvalue weighted by Crippen LogP contribution is 2.26. The highest BCUT2D eigenvalue weighted by Gasteiger charge is 2.33. The molecule has 0 unspecified atom stereocenters. The molecule has 1 aliphatic heterocycles. The van der Waals surface area contributed by atoms with Crippen molar-refractivity contribution >= 4 is 15.9 Å². The molecular weight excluding hydrogens is 340 g/mol. The third-order valence-corrected chi connectivity index (χ3v) is 5.92. The minimum absolute atomic E-state index is 0.0291. The Morgan fingerprint density at radius 2 is 1.88 bits per heavy atom. The lowest BCUT2D eigenvalue weighted by Gasteiger charge is -2.36. The quantitative estimate of drug-likeness (QED) is 0.682. The zero-order chi connectivity index (χ0) is 18.3. The second kappa shape index (κ2) is 8.97. The summed E-state index contributed by atoms with van der Waals surface area (Å²) in [6.45, 7) is 1.33. The average molecular weight is 371 g/mol. The van der Waals surface area contributed by atoms with Crippen molar-refractivity contribution in [1.29, 1.82) is 5.26 Å². The molecular formula is C17H30N4O3S. The molecule has 0 aromatic carbocycles. The van der Waals surface area contributed by atoms with Crippen molar-refractivity contribution < 1.29 is 13.2 Å². The van der Waals surface area contributed by atoms with Gasteiger partial charge in [0.25, 0.3) is 0 Å². The molecule has 2 rings (SSSR count). The van der Waals surface area contributed by atoms with Crippen LogP contribution < -0.4 is 10.0 Å². The summed E-state index contributed by atoms with van der Waals surface area (Å²) < 4.78 is 25.2. The number of likely N-dealkylation sites (tertiary alicyclic amines) is 1. The number of piperidine rings is 1. The van der Waals surface area contributed by atoms with Gasteiger partial charge < -0.3 is 5.32 Å². The Kier molecular flexibility index (Phi) is 7.23. The molecule has 7 nitrogen and oxygen atoms in total. The molecule has 1 saturated carbocycles. The number of carbonyl (C=O) groups excluding carboxylic acids is 1. The molecule has 2 aliphatic rings. The number of rotatable bonds is 6. The maximum atomic E-state index is 12.6. The van der Waals surface area contributed by atoms with Crippen LogP contribution >= 0.6 is 0 Å². The van der Waals surface area contributed by atoms with Crippen molar-refractivity contribution in [3.8, 4) is 6.07 Å². The molecule has 25 heavy (non-hydrogen) atoms. The van der Waals surface area contributed by atoms with E-state index in [1.54, 1.807) is 0 Å². The minimum Gasteiger partial charge on any atom is -0.337 e. The summed E-state index contributed by atoms with van der Waals surface area (Å²) in [6.07, 6.45) is 9.67. The lowest BCUT2D eigenvalue weighted by atomic mass is 9.92. The number of nitrogens with one attached hydrogen (secondary N) is 2. The Bertz CT molecular complexity index is 592. The lowest BCUT2D eigenvalue weighted by Crippen LogP contribution is -2.54. The van der Waals surface area contributed by atoms with Crippen LogP contribution in [-0.2, 0) is 14.8 Å². The number of hydrogen-bond donors (Lipinski definition) is 2. The van der Waals surface area contributed by atoms with E-state index in [2.05, 4.69) is 16.1 Å².